The summed E-state index contributed by atoms with van der Waals surface area (Å²) < 4.78 is 0. The maximum absolute atomic E-state index is 12.1. The number of para-hydroxylation sites is 1. The van der Waals surface area contributed by atoms with Gasteiger partial charge in [0.1, 0.15) is 0 Å². The normalized spacial score (nSPS) is 17.5. The minimum absolute atomic E-state index is 0. The number of H-pyrrole nitrogens is 1. The summed E-state index contributed by atoms with van der Waals surface area (Å²) in [4.78, 5) is 21.7. The van der Waals surface area contributed by atoms with Crippen LogP contribution in [0.5, 0.6) is 0 Å². The van der Waals surface area contributed by atoms with Gasteiger partial charge in [-0.05, 0) is 23.9 Å². The molecule has 1 aromatic heterocycles. The molecule has 1 aliphatic heterocycles. The molecule has 1 aliphatic rings. The molecule has 0 aliphatic carbocycles. The standard InChI is InChI=1S/C19H27N5O.HI/c1-13(2)18(25)24-9-8-15(12-24)23-19(20-3)21-11-16-10-14-6-4-5-7-17(14)22-16;/h4-7,10,13,15,22H,8-9,11-12H2,1-3H3,(H2,20,21,23);1H. The van der Waals surface area contributed by atoms with E-state index < -0.39 is 0 Å². The zero-order chi connectivity index (χ0) is 17.8. The van der Waals surface area contributed by atoms with E-state index in [1.54, 1.807) is 7.05 Å². The Labute approximate surface area is 171 Å². The number of halogens is 1. The summed E-state index contributed by atoms with van der Waals surface area (Å²) in [6.07, 6.45) is 0.950. The first kappa shape index (κ1) is 20.5. The van der Waals surface area contributed by atoms with Crippen molar-refractivity contribution >= 4 is 46.7 Å². The van der Waals surface area contributed by atoms with Gasteiger partial charge in [0.2, 0.25) is 5.91 Å². The quantitative estimate of drug-likeness (QED) is 0.367. The van der Waals surface area contributed by atoms with Crippen LogP contribution in [0.15, 0.2) is 35.3 Å². The minimum Gasteiger partial charge on any atom is -0.357 e. The summed E-state index contributed by atoms with van der Waals surface area (Å²) >= 11 is 0. The minimum atomic E-state index is 0. The second-order valence-electron chi connectivity index (χ2n) is 6.88. The molecule has 1 unspecified atom stereocenters. The Balaban J connectivity index is 0.00000243. The Bertz CT molecular complexity index is 737. The van der Waals surface area contributed by atoms with Gasteiger partial charge in [-0.1, -0.05) is 32.0 Å². The molecule has 3 N–H and O–H groups in total. The van der Waals surface area contributed by atoms with Crippen molar-refractivity contribution in [2.75, 3.05) is 20.1 Å². The van der Waals surface area contributed by atoms with Crippen LogP contribution in [0.3, 0.4) is 0 Å². The van der Waals surface area contributed by atoms with Gasteiger partial charge in [-0.25, -0.2) is 0 Å². The fraction of sp³-hybridized carbons (Fsp3) is 0.474. The number of carbonyl (C=O) groups is 1. The highest BCUT2D eigenvalue weighted by Gasteiger charge is 2.27. The lowest BCUT2D eigenvalue weighted by molar-refractivity contribution is -0.133. The van der Waals surface area contributed by atoms with Crippen molar-refractivity contribution in [3.05, 3.63) is 36.0 Å². The van der Waals surface area contributed by atoms with Crippen molar-refractivity contribution in [1.82, 2.24) is 20.5 Å². The first-order valence-electron chi connectivity index (χ1n) is 8.89. The molecule has 0 radical (unpaired) electrons. The van der Waals surface area contributed by atoms with Crippen molar-refractivity contribution in [1.29, 1.82) is 0 Å². The lowest BCUT2D eigenvalue weighted by atomic mass is 10.2. The van der Waals surface area contributed by atoms with E-state index >= 15 is 0 Å². The number of hydrogen-bond acceptors (Lipinski definition) is 2. The van der Waals surface area contributed by atoms with Crippen molar-refractivity contribution in [2.24, 2.45) is 10.9 Å². The Morgan fingerprint density at radius 3 is 2.85 bits per heavy atom. The Kier molecular flexibility index (Phi) is 7.31. The molecular formula is C19H28IN5O. The van der Waals surface area contributed by atoms with Crippen LogP contribution in [0.25, 0.3) is 10.9 Å². The molecular weight excluding hydrogens is 441 g/mol. The summed E-state index contributed by atoms with van der Waals surface area (Å²) in [6, 6.07) is 10.6. The molecule has 1 fully saturated rings. The predicted molar refractivity (Wildman–Crippen MR) is 117 cm³/mol. The van der Waals surface area contributed by atoms with Crippen LogP contribution in [0.1, 0.15) is 26.0 Å². The fourth-order valence-electron chi connectivity index (χ4n) is 3.24. The zero-order valence-corrected chi connectivity index (χ0v) is 17.9. The van der Waals surface area contributed by atoms with E-state index in [1.165, 1.54) is 5.39 Å². The lowest BCUT2D eigenvalue weighted by Crippen LogP contribution is -2.45. The van der Waals surface area contributed by atoms with E-state index in [9.17, 15) is 4.79 Å². The Morgan fingerprint density at radius 2 is 2.15 bits per heavy atom. The molecule has 2 heterocycles. The van der Waals surface area contributed by atoms with Crippen LogP contribution in [-0.2, 0) is 11.3 Å². The fourth-order valence-corrected chi connectivity index (χ4v) is 3.24. The second-order valence-corrected chi connectivity index (χ2v) is 6.88. The molecule has 3 rings (SSSR count). The third kappa shape index (κ3) is 4.90. The number of nitrogens with one attached hydrogen (secondary N) is 3. The number of aromatic nitrogens is 1. The third-order valence-corrected chi connectivity index (χ3v) is 4.59. The maximum atomic E-state index is 12.1. The predicted octanol–water partition coefficient (Wildman–Crippen LogP) is 2.71. The highest BCUT2D eigenvalue weighted by Crippen LogP contribution is 2.15. The van der Waals surface area contributed by atoms with Gasteiger partial charge < -0.3 is 20.5 Å². The van der Waals surface area contributed by atoms with E-state index in [0.29, 0.717) is 6.54 Å². The highest BCUT2D eigenvalue weighted by molar-refractivity contribution is 14.0. The topological polar surface area (TPSA) is 72.5 Å². The van der Waals surface area contributed by atoms with Gasteiger partial charge in [0.05, 0.1) is 6.54 Å². The van der Waals surface area contributed by atoms with Gasteiger partial charge in [0.25, 0.3) is 0 Å². The molecule has 1 atom stereocenters. The average molecular weight is 469 g/mol. The first-order chi connectivity index (χ1) is 12.1. The van der Waals surface area contributed by atoms with Gasteiger partial charge >= 0.3 is 0 Å². The van der Waals surface area contributed by atoms with Gasteiger partial charge in [0, 0.05) is 43.3 Å². The summed E-state index contributed by atoms with van der Waals surface area (Å²) in [5, 5.41) is 7.98. The molecule has 7 heteroatoms. The molecule has 6 nitrogen and oxygen atoms in total. The van der Waals surface area contributed by atoms with Crippen molar-refractivity contribution in [2.45, 2.75) is 32.9 Å². The van der Waals surface area contributed by atoms with E-state index in [4.69, 9.17) is 0 Å². The van der Waals surface area contributed by atoms with E-state index in [1.807, 2.05) is 30.9 Å². The number of carbonyl (C=O) groups excluding carboxylic acids is 1. The number of hydrogen-bond donors (Lipinski definition) is 3. The van der Waals surface area contributed by atoms with Crippen LogP contribution in [-0.4, -0.2) is 47.9 Å². The molecule has 1 aromatic carbocycles. The number of aliphatic imine (C=N–C) groups is 1. The average Bonchev–Trinajstić information content (AvgIpc) is 3.24. The van der Waals surface area contributed by atoms with Crippen LogP contribution in [0.2, 0.25) is 0 Å². The van der Waals surface area contributed by atoms with Crippen molar-refractivity contribution in [3.8, 4) is 0 Å². The largest absolute Gasteiger partial charge is 0.357 e. The highest BCUT2D eigenvalue weighted by atomic mass is 127. The molecule has 0 spiro atoms. The number of likely N-dealkylation sites (tertiary alicyclic amines) is 1. The number of fused-ring (bicyclic) bond motifs is 1. The zero-order valence-electron chi connectivity index (χ0n) is 15.6. The summed E-state index contributed by atoms with van der Waals surface area (Å²) in [5.41, 5.74) is 2.26. The molecule has 0 saturated carbocycles. The molecule has 1 amide bonds. The molecule has 142 valence electrons. The van der Waals surface area contributed by atoms with Crippen molar-refractivity contribution in [3.63, 3.8) is 0 Å². The molecule has 0 bridgehead atoms. The number of amides is 1. The smallest absolute Gasteiger partial charge is 0.225 e. The van der Waals surface area contributed by atoms with Gasteiger partial charge in [-0.15, -0.1) is 24.0 Å². The summed E-state index contributed by atoms with van der Waals surface area (Å²) in [6.45, 7) is 6.13. The number of aromatic amines is 1. The Hall–Kier alpha value is -1.77. The van der Waals surface area contributed by atoms with Gasteiger partial charge in [-0.3, -0.25) is 9.79 Å². The van der Waals surface area contributed by atoms with E-state index in [2.05, 4.69) is 38.8 Å². The van der Waals surface area contributed by atoms with Crippen LogP contribution in [0.4, 0.5) is 0 Å². The van der Waals surface area contributed by atoms with Gasteiger partial charge in [-0.2, -0.15) is 0 Å². The number of benzene rings is 1. The maximum Gasteiger partial charge on any atom is 0.225 e. The lowest BCUT2D eigenvalue weighted by Gasteiger charge is -2.20. The van der Waals surface area contributed by atoms with Crippen molar-refractivity contribution < 1.29 is 4.79 Å². The monoisotopic (exact) mass is 469 g/mol. The molecule has 2 aromatic rings. The third-order valence-electron chi connectivity index (χ3n) is 4.59. The van der Waals surface area contributed by atoms with E-state index in [0.717, 1.165) is 36.7 Å². The van der Waals surface area contributed by atoms with Crippen LogP contribution in [0, 0.1) is 5.92 Å². The summed E-state index contributed by atoms with van der Waals surface area (Å²) in [5.74, 6) is 1.05. The summed E-state index contributed by atoms with van der Waals surface area (Å²) in [7, 11) is 1.77. The van der Waals surface area contributed by atoms with Crippen LogP contribution >= 0.6 is 24.0 Å². The molecule has 1 saturated heterocycles. The number of nitrogens with zero attached hydrogens (tertiary/aromatic N) is 2. The number of rotatable bonds is 4. The Morgan fingerprint density at radius 1 is 1.38 bits per heavy atom. The van der Waals surface area contributed by atoms with Gasteiger partial charge in [0.15, 0.2) is 5.96 Å². The number of guanidine groups is 1. The second kappa shape index (κ2) is 9.25. The van der Waals surface area contributed by atoms with E-state index in [-0.39, 0.29) is 41.8 Å². The molecule has 26 heavy (non-hydrogen) atoms. The van der Waals surface area contributed by atoms with Crippen LogP contribution < -0.4 is 10.6 Å². The first-order valence-corrected chi connectivity index (χ1v) is 8.89. The SMILES string of the molecule is CN=C(NCc1cc2ccccc2[nH]1)NC1CCN(C(=O)C(C)C)C1.I.